The third-order valence-electron chi connectivity index (χ3n) is 3.93. The summed E-state index contributed by atoms with van der Waals surface area (Å²) in [6.45, 7) is 6.81. The van der Waals surface area contributed by atoms with Gasteiger partial charge in [0.25, 0.3) is 0 Å². The smallest absolute Gasteiger partial charge is 0.315 e. The summed E-state index contributed by atoms with van der Waals surface area (Å²) in [5.74, 6) is 0.288. The molecule has 132 valence electrons. The molecule has 1 aliphatic heterocycles. The first-order chi connectivity index (χ1) is 11.6. The van der Waals surface area contributed by atoms with Crippen molar-refractivity contribution in [3.63, 3.8) is 0 Å². The quantitative estimate of drug-likeness (QED) is 0.833. The van der Waals surface area contributed by atoms with Crippen LogP contribution in [0.4, 0.5) is 4.79 Å². The summed E-state index contributed by atoms with van der Waals surface area (Å²) in [5, 5.41) is 5.65. The predicted molar refractivity (Wildman–Crippen MR) is 92.5 cm³/mol. The summed E-state index contributed by atoms with van der Waals surface area (Å²) >= 11 is 0. The van der Waals surface area contributed by atoms with E-state index in [1.165, 1.54) is 0 Å². The van der Waals surface area contributed by atoms with Crippen LogP contribution in [0.15, 0.2) is 30.3 Å². The molecule has 6 heteroatoms. The van der Waals surface area contributed by atoms with Gasteiger partial charge in [-0.25, -0.2) is 4.79 Å². The number of nitrogens with one attached hydrogen (secondary N) is 2. The molecule has 1 heterocycles. The van der Waals surface area contributed by atoms with Crippen molar-refractivity contribution in [1.29, 1.82) is 0 Å². The molecule has 6 nitrogen and oxygen atoms in total. The van der Waals surface area contributed by atoms with Crippen molar-refractivity contribution in [2.45, 2.75) is 32.9 Å². The summed E-state index contributed by atoms with van der Waals surface area (Å²) in [6.07, 6.45) is 0.620. The molecule has 0 aliphatic carbocycles. The van der Waals surface area contributed by atoms with Crippen molar-refractivity contribution >= 4 is 11.9 Å². The number of carbonyl (C=O) groups excluding carboxylic acids is 2. The number of ether oxygens (including phenoxy) is 1. The van der Waals surface area contributed by atoms with Gasteiger partial charge in [0, 0.05) is 19.6 Å². The molecule has 0 saturated carbocycles. The van der Waals surface area contributed by atoms with E-state index in [0.717, 1.165) is 5.56 Å². The number of morpholine rings is 1. The lowest BCUT2D eigenvalue weighted by Gasteiger charge is -2.31. The lowest BCUT2D eigenvalue weighted by atomic mass is 10.0. The minimum atomic E-state index is -0.501. The number of urea groups is 1. The fourth-order valence-electron chi connectivity index (χ4n) is 2.68. The zero-order valence-electron chi connectivity index (χ0n) is 14.5. The Balaban J connectivity index is 1.89. The minimum Gasteiger partial charge on any atom is -0.378 e. The van der Waals surface area contributed by atoms with Crippen LogP contribution >= 0.6 is 0 Å². The molecule has 2 rings (SSSR count). The Bertz CT molecular complexity index is 528. The van der Waals surface area contributed by atoms with Gasteiger partial charge in [0.2, 0.25) is 5.91 Å². The van der Waals surface area contributed by atoms with Gasteiger partial charge >= 0.3 is 6.03 Å². The first kappa shape index (κ1) is 18.3. The van der Waals surface area contributed by atoms with Gasteiger partial charge in [-0.05, 0) is 17.9 Å². The molecule has 2 N–H and O–H groups in total. The number of amides is 3. The summed E-state index contributed by atoms with van der Waals surface area (Å²) in [6, 6.07) is 8.88. The molecule has 0 spiro atoms. The molecule has 1 aromatic rings. The number of hydrogen-bond donors (Lipinski definition) is 2. The molecule has 0 aromatic heterocycles. The maximum Gasteiger partial charge on any atom is 0.315 e. The van der Waals surface area contributed by atoms with E-state index >= 15 is 0 Å². The zero-order chi connectivity index (χ0) is 17.4. The number of carbonyl (C=O) groups is 2. The van der Waals surface area contributed by atoms with Crippen LogP contribution in [-0.2, 0) is 16.1 Å². The number of nitrogens with zero attached hydrogens (tertiary/aromatic N) is 1. The maximum atomic E-state index is 12.7. The fraction of sp³-hybridized carbons (Fsp3) is 0.556. The molecule has 1 atom stereocenters. The zero-order valence-corrected chi connectivity index (χ0v) is 14.5. The van der Waals surface area contributed by atoms with E-state index < -0.39 is 6.04 Å². The Kier molecular flexibility index (Phi) is 7.06. The van der Waals surface area contributed by atoms with Gasteiger partial charge in [-0.3, -0.25) is 4.79 Å². The highest BCUT2D eigenvalue weighted by atomic mass is 16.5. The monoisotopic (exact) mass is 333 g/mol. The Labute approximate surface area is 143 Å². The number of benzene rings is 1. The van der Waals surface area contributed by atoms with Crippen LogP contribution in [0.2, 0.25) is 0 Å². The first-order valence-electron chi connectivity index (χ1n) is 8.51. The molecule has 0 unspecified atom stereocenters. The molecule has 1 fully saturated rings. The molecule has 24 heavy (non-hydrogen) atoms. The van der Waals surface area contributed by atoms with E-state index in [2.05, 4.69) is 10.6 Å². The van der Waals surface area contributed by atoms with Crippen LogP contribution in [0.3, 0.4) is 0 Å². The Morgan fingerprint density at radius 2 is 1.83 bits per heavy atom. The van der Waals surface area contributed by atoms with Gasteiger partial charge in [0.15, 0.2) is 0 Å². The normalized spacial score (nSPS) is 15.9. The van der Waals surface area contributed by atoms with Crippen molar-refractivity contribution in [2.24, 2.45) is 5.92 Å². The molecule has 0 radical (unpaired) electrons. The average Bonchev–Trinajstić information content (AvgIpc) is 2.60. The Morgan fingerprint density at radius 3 is 2.46 bits per heavy atom. The molecular formula is C18H27N3O3. The maximum absolute atomic E-state index is 12.7. The largest absolute Gasteiger partial charge is 0.378 e. The van der Waals surface area contributed by atoms with Gasteiger partial charge < -0.3 is 20.3 Å². The summed E-state index contributed by atoms with van der Waals surface area (Å²) < 4.78 is 5.29. The molecule has 1 saturated heterocycles. The highest BCUT2D eigenvalue weighted by Crippen LogP contribution is 2.10. The van der Waals surface area contributed by atoms with Crippen molar-refractivity contribution in [1.82, 2.24) is 15.5 Å². The van der Waals surface area contributed by atoms with E-state index in [9.17, 15) is 9.59 Å². The second-order valence-electron chi connectivity index (χ2n) is 6.43. The van der Waals surface area contributed by atoms with E-state index in [4.69, 9.17) is 4.74 Å². The van der Waals surface area contributed by atoms with E-state index in [-0.39, 0.29) is 11.9 Å². The summed E-state index contributed by atoms with van der Waals surface area (Å²) in [7, 11) is 0. The van der Waals surface area contributed by atoms with Crippen LogP contribution in [-0.4, -0.2) is 49.2 Å². The van der Waals surface area contributed by atoms with E-state index in [0.29, 0.717) is 45.2 Å². The first-order valence-corrected chi connectivity index (χ1v) is 8.51. The van der Waals surface area contributed by atoms with E-state index in [1.54, 1.807) is 4.90 Å². The molecule has 1 aromatic carbocycles. The third kappa shape index (κ3) is 5.85. The highest BCUT2D eigenvalue weighted by Gasteiger charge is 2.27. The topological polar surface area (TPSA) is 70.7 Å². The molecule has 0 bridgehead atoms. The van der Waals surface area contributed by atoms with Crippen molar-refractivity contribution in [3.05, 3.63) is 35.9 Å². The van der Waals surface area contributed by atoms with Gasteiger partial charge in [-0.1, -0.05) is 44.2 Å². The van der Waals surface area contributed by atoms with E-state index in [1.807, 2.05) is 44.2 Å². The lowest BCUT2D eigenvalue weighted by molar-refractivity contribution is -0.137. The van der Waals surface area contributed by atoms with Gasteiger partial charge in [-0.15, -0.1) is 0 Å². The third-order valence-corrected chi connectivity index (χ3v) is 3.93. The van der Waals surface area contributed by atoms with Crippen molar-refractivity contribution in [2.75, 3.05) is 26.3 Å². The van der Waals surface area contributed by atoms with Crippen molar-refractivity contribution in [3.8, 4) is 0 Å². The lowest BCUT2D eigenvalue weighted by Crippen LogP contribution is -2.53. The Hall–Kier alpha value is -2.08. The van der Waals surface area contributed by atoms with Gasteiger partial charge in [0.05, 0.1) is 13.2 Å². The average molecular weight is 333 g/mol. The highest BCUT2D eigenvalue weighted by molar-refractivity contribution is 5.87. The van der Waals surface area contributed by atoms with Crippen LogP contribution in [0, 0.1) is 5.92 Å². The van der Waals surface area contributed by atoms with Crippen molar-refractivity contribution < 1.29 is 14.3 Å². The summed E-state index contributed by atoms with van der Waals surface area (Å²) in [5.41, 5.74) is 1.02. The predicted octanol–water partition coefficient (Wildman–Crippen LogP) is 1.76. The van der Waals surface area contributed by atoms with Crippen LogP contribution in [0.25, 0.3) is 0 Å². The second-order valence-corrected chi connectivity index (χ2v) is 6.43. The van der Waals surface area contributed by atoms with Crippen LogP contribution in [0.5, 0.6) is 0 Å². The second kappa shape index (κ2) is 9.27. The SMILES string of the molecule is CC(C)C[C@@H](NC(=O)NCc1ccccc1)C(=O)N1CCOCC1. The summed E-state index contributed by atoms with van der Waals surface area (Å²) in [4.78, 5) is 26.6. The Morgan fingerprint density at radius 1 is 1.17 bits per heavy atom. The van der Waals surface area contributed by atoms with Gasteiger partial charge in [0.1, 0.15) is 6.04 Å². The molecular weight excluding hydrogens is 306 g/mol. The van der Waals surface area contributed by atoms with Crippen LogP contribution in [0.1, 0.15) is 25.8 Å². The standard InChI is InChI=1S/C18H27N3O3/c1-14(2)12-16(17(22)21-8-10-24-11-9-21)20-18(23)19-13-15-6-4-3-5-7-15/h3-7,14,16H,8-13H2,1-2H3,(H2,19,20,23)/t16-/m1/s1. The van der Waals surface area contributed by atoms with Gasteiger partial charge in [-0.2, -0.15) is 0 Å². The molecule has 1 aliphatic rings. The molecule has 3 amide bonds. The van der Waals surface area contributed by atoms with Crippen LogP contribution < -0.4 is 10.6 Å². The number of hydrogen-bond acceptors (Lipinski definition) is 3. The minimum absolute atomic E-state index is 0.0261. The fourth-order valence-corrected chi connectivity index (χ4v) is 2.68. The number of rotatable bonds is 6.